The van der Waals surface area contributed by atoms with Crippen molar-refractivity contribution in [2.24, 2.45) is 11.7 Å². The lowest BCUT2D eigenvalue weighted by Crippen LogP contribution is -2.14. The van der Waals surface area contributed by atoms with Crippen molar-refractivity contribution in [1.82, 2.24) is 0 Å². The first-order chi connectivity index (χ1) is 8.13. The molecule has 0 aromatic heterocycles. The third-order valence-corrected chi connectivity index (χ3v) is 3.75. The maximum atomic E-state index is 6.35. The zero-order chi connectivity index (χ0) is 12.4. The summed E-state index contributed by atoms with van der Waals surface area (Å²) in [6, 6.07) is 4.41. The summed E-state index contributed by atoms with van der Waals surface area (Å²) in [5, 5.41) is 0. The van der Waals surface area contributed by atoms with E-state index in [1.165, 1.54) is 23.1 Å². The van der Waals surface area contributed by atoms with Crippen LogP contribution in [0.4, 0.5) is 0 Å². The lowest BCUT2D eigenvalue weighted by molar-refractivity contribution is 0.335. The number of hydrogen-bond acceptors (Lipinski definition) is 2. The highest BCUT2D eigenvalue weighted by atomic mass is 16.5. The average molecular weight is 233 g/mol. The molecule has 0 spiro atoms. The van der Waals surface area contributed by atoms with E-state index in [2.05, 4.69) is 26.0 Å². The van der Waals surface area contributed by atoms with Crippen LogP contribution < -0.4 is 10.5 Å². The Morgan fingerprint density at radius 2 is 2.18 bits per heavy atom. The molecule has 0 saturated carbocycles. The molecule has 2 heteroatoms. The molecule has 94 valence electrons. The van der Waals surface area contributed by atoms with Gasteiger partial charge in [-0.25, -0.2) is 0 Å². The molecule has 0 fully saturated rings. The van der Waals surface area contributed by atoms with E-state index in [1.807, 2.05) is 6.92 Å². The maximum Gasteiger partial charge on any atom is 0.122 e. The molecule has 1 aromatic carbocycles. The number of benzene rings is 1. The van der Waals surface area contributed by atoms with Crippen molar-refractivity contribution in [3.05, 3.63) is 28.8 Å². The van der Waals surface area contributed by atoms with Gasteiger partial charge in [0.1, 0.15) is 5.75 Å². The van der Waals surface area contributed by atoms with E-state index in [-0.39, 0.29) is 6.04 Å². The minimum absolute atomic E-state index is 0.169. The molecule has 1 aliphatic carbocycles. The molecule has 17 heavy (non-hydrogen) atoms. The predicted octanol–water partition coefficient (Wildman–Crippen LogP) is 3.37. The summed E-state index contributed by atoms with van der Waals surface area (Å²) in [5.41, 5.74) is 10.3. The Hall–Kier alpha value is -1.02. The van der Waals surface area contributed by atoms with Gasteiger partial charge in [0.05, 0.1) is 6.61 Å². The van der Waals surface area contributed by atoms with E-state index in [4.69, 9.17) is 10.5 Å². The van der Waals surface area contributed by atoms with Crippen LogP contribution in [0.15, 0.2) is 12.1 Å². The number of rotatable bonds is 2. The Bertz CT molecular complexity index is 400. The molecular formula is C15H23NO. The molecular weight excluding hydrogens is 210 g/mol. The Morgan fingerprint density at radius 1 is 1.41 bits per heavy atom. The van der Waals surface area contributed by atoms with E-state index in [0.29, 0.717) is 5.92 Å². The fourth-order valence-corrected chi connectivity index (χ4v) is 2.89. The Labute approximate surface area is 104 Å². The van der Waals surface area contributed by atoms with Crippen LogP contribution in [0.2, 0.25) is 0 Å². The van der Waals surface area contributed by atoms with Crippen molar-refractivity contribution in [3.8, 4) is 5.75 Å². The molecule has 2 atom stereocenters. The van der Waals surface area contributed by atoms with Gasteiger partial charge in [0.2, 0.25) is 0 Å². The molecule has 0 amide bonds. The van der Waals surface area contributed by atoms with Crippen LogP contribution in [0.25, 0.3) is 0 Å². The van der Waals surface area contributed by atoms with Gasteiger partial charge in [-0.15, -0.1) is 0 Å². The largest absolute Gasteiger partial charge is 0.494 e. The molecule has 0 bridgehead atoms. The summed E-state index contributed by atoms with van der Waals surface area (Å²) in [6.45, 7) is 7.21. The van der Waals surface area contributed by atoms with Crippen LogP contribution in [0.5, 0.6) is 5.75 Å². The molecule has 0 saturated heterocycles. The van der Waals surface area contributed by atoms with E-state index in [1.54, 1.807) is 0 Å². The lowest BCUT2D eigenvalue weighted by atomic mass is 9.93. The van der Waals surface area contributed by atoms with Crippen molar-refractivity contribution in [1.29, 1.82) is 0 Å². The molecule has 1 aromatic rings. The lowest BCUT2D eigenvalue weighted by Gasteiger charge is -2.19. The van der Waals surface area contributed by atoms with Crippen LogP contribution >= 0.6 is 0 Å². The van der Waals surface area contributed by atoms with E-state index in [0.717, 1.165) is 25.2 Å². The summed E-state index contributed by atoms with van der Waals surface area (Å²) < 4.78 is 5.74. The fourth-order valence-electron chi connectivity index (χ4n) is 2.89. The highest BCUT2D eigenvalue weighted by molar-refractivity contribution is 5.47. The van der Waals surface area contributed by atoms with Gasteiger partial charge in [0.25, 0.3) is 0 Å². The van der Waals surface area contributed by atoms with Crippen LogP contribution in [0.1, 0.15) is 49.4 Å². The van der Waals surface area contributed by atoms with Gasteiger partial charge < -0.3 is 10.5 Å². The van der Waals surface area contributed by atoms with E-state index >= 15 is 0 Å². The maximum absolute atomic E-state index is 6.35. The molecule has 0 aliphatic heterocycles. The molecule has 2 rings (SSSR count). The van der Waals surface area contributed by atoms with Crippen molar-refractivity contribution < 1.29 is 4.74 Å². The predicted molar refractivity (Wildman–Crippen MR) is 71.4 cm³/mol. The van der Waals surface area contributed by atoms with Gasteiger partial charge in [0.15, 0.2) is 0 Å². The number of ether oxygens (including phenoxy) is 1. The summed E-state index contributed by atoms with van der Waals surface area (Å²) >= 11 is 0. The van der Waals surface area contributed by atoms with Crippen molar-refractivity contribution in [3.63, 3.8) is 0 Å². The Balaban J connectivity index is 2.47. The fraction of sp³-hybridized carbons (Fsp3) is 0.600. The van der Waals surface area contributed by atoms with Gasteiger partial charge in [0, 0.05) is 6.04 Å². The first-order valence-corrected chi connectivity index (χ1v) is 6.64. The second kappa shape index (κ2) is 5.09. The average Bonchev–Trinajstić information content (AvgIpc) is 2.43. The molecule has 0 heterocycles. The highest BCUT2D eigenvalue weighted by Gasteiger charge is 2.23. The van der Waals surface area contributed by atoms with Crippen LogP contribution in [0.3, 0.4) is 0 Å². The number of hydrogen-bond donors (Lipinski definition) is 1. The number of nitrogens with two attached hydrogens (primary N) is 1. The van der Waals surface area contributed by atoms with Crippen molar-refractivity contribution in [2.75, 3.05) is 6.61 Å². The number of aryl methyl sites for hydroxylation is 1. The third-order valence-electron chi connectivity index (χ3n) is 3.75. The zero-order valence-electron chi connectivity index (χ0n) is 11.1. The van der Waals surface area contributed by atoms with Gasteiger partial charge >= 0.3 is 0 Å². The smallest absolute Gasteiger partial charge is 0.122 e. The Kier molecular flexibility index (Phi) is 3.72. The summed E-state index contributed by atoms with van der Waals surface area (Å²) in [6.07, 6.45) is 3.40. The minimum atomic E-state index is 0.169. The SMILES string of the molecule is CCOc1ccc(C)c2c1CCC(C)CC2N. The highest BCUT2D eigenvalue weighted by Crippen LogP contribution is 2.37. The molecule has 0 radical (unpaired) electrons. The molecule has 2 unspecified atom stereocenters. The van der Waals surface area contributed by atoms with Crippen LogP contribution in [0, 0.1) is 12.8 Å². The second-order valence-electron chi connectivity index (χ2n) is 5.19. The number of fused-ring (bicyclic) bond motifs is 1. The monoisotopic (exact) mass is 233 g/mol. The summed E-state index contributed by atoms with van der Waals surface area (Å²) in [7, 11) is 0. The minimum Gasteiger partial charge on any atom is -0.494 e. The topological polar surface area (TPSA) is 35.2 Å². The van der Waals surface area contributed by atoms with Crippen molar-refractivity contribution in [2.45, 2.75) is 46.1 Å². The first-order valence-electron chi connectivity index (χ1n) is 6.64. The van der Waals surface area contributed by atoms with Gasteiger partial charge in [-0.05, 0) is 61.8 Å². The normalized spacial score (nSPS) is 24.0. The third kappa shape index (κ3) is 2.47. The quantitative estimate of drug-likeness (QED) is 0.795. The van der Waals surface area contributed by atoms with E-state index in [9.17, 15) is 0 Å². The summed E-state index contributed by atoms with van der Waals surface area (Å²) in [5.74, 6) is 1.74. The molecule has 1 aliphatic rings. The van der Waals surface area contributed by atoms with Gasteiger partial charge in [-0.2, -0.15) is 0 Å². The van der Waals surface area contributed by atoms with Crippen molar-refractivity contribution >= 4 is 0 Å². The first kappa shape index (κ1) is 12.4. The van der Waals surface area contributed by atoms with E-state index < -0.39 is 0 Å². The van der Waals surface area contributed by atoms with Gasteiger partial charge in [-0.3, -0.25) is 0 Å². The zero-order valence-corrected chi connectivity index (χ0v) is 11.1. The molecule has 2 nitrogen and oxygen atoms in total. The van der Waals surface area contributed by atoms with Crippen LogP contribution in [-0.4, -0.2) is 6.61 Å². The standard InChI is InChI=1S/C15H23NO/c1-4-17-14-8-6-11(3)15-12(14)7-5-10(2)9-13(15)16/h6,8,10,13H,4-5,7,9,16H2,1-3H3. The second-order valence-corrected chi connectivity index (χ2v) is 5.19. The Morgan fingerprint density at radius 3 is 2.88 bits per heavy atom. The summed E-state index contributed by atoms with van der Waals surface area (Å²) in [4.78, 5) is 0. The molecule has 2 N–H and O–H groups in total. The van der Waals surface area contributed by atoms with Gasteiger partial charge in [-0.1, -0.05) is 13.0 Å². The van der Waals surface area contributed by atoms with Crippen LogP contribution in [-0.2, 0) is 6.42 Å².